The maximum atomic E-state index is 11.0. The van der Waals surface area contributed by atoms with Crippen LogP contribution in [0.1, 0.15) is 0 Å². The predicted molar refractivity (Wildman–Crippen MR) is 55.1 cm³/mol. The van der Waals surface area contributed by atoms with Gasteiger partial charge in [0.1, 0.15) is 5.65 Å². The van der Waals surface area contributed by atoms with Crippen molar-refractivity contribution in [2.75, 3.05) is 0 Å². The van der Waals surface area contributed by atoms with Crippen molar-refractivity contribution in [3.63, 3.8) is 0 Å². The van der Waals surface area contributed by atoms with Crippen LogP contribution >= 0.6 is 27.5 Å². The molecule has 0 aliphatic heterocycles. The van der Waals surface area contributed by atoms with Crippen molar-refractivity contribution < 1.29 is 0 Å². The molecule has 2 heterocycles. The Hall–Kier alpha value is -0.870. The second kappa shape index (κ2) is 3.12. The molecule has 66 valence electrons. The Morgan fingerprint density at radius 3 is 3.00 bits per heavy atom. The third kappa shape index (κ3) is 1.59. The maximum absolute atomic E-state index is 11.0. The normalized spacial score (nSPS) is 10.6. The smallest absolute Gasteiger partial charge is 0.251 e. The molecule has 3 nitrogen and oxygen atoms in total. The van der Waals surface area contributed by atoms with Crippen molar-refractivity contribution in [3.8, 4) is 0 Å². The minimum Gasteiger partial charge on any atom is -0.306 e. The molecule has 2 rings (SSSR count). The van der Waals surface area contributed by atoms with E-state index in [2.05, 4.69) is 25.9 Å². The first-order valence-electron chi connectivity index (χ1n) is 3.51. The molecule has 1 N–H and O–H groups in total. The van der Waals surface area contributed by atoms with Gasteiger partial charge < -0.3 is 4.98 Å². The van der Waals surface area contributed by atoms with Gasteiger partial charge in [-0.15, -0.1) is 0 Å². The van der Waals surface area contributed by atoms with E-state index in [-0.39, 0.29) is 5.56 Å². The summed E-state index contributed by atoms with van der Waals surface area (Å²) in [6, 6.07) is 3.14. The first-order chi connectivity index (χ1) is 6.16. The number of H-pyrrole nitrogens is 1. The number of halogens is 2. The Labute approximate surface area is 86.9 Å². The van der Waals surface area contributed by atoms with Gasteiger partial charge >= 0.3 is 0 Å². The van der Waals surface area contributed by atoms with Gasteiger partial charge in [0.05, 0.1) is 5.02 Å². The Morgan fingerprint density at radius 2 is 2.23 bits per heavy atom. The molecule has 0 amide bonds. The minimum atomic E-state index is -0.243. The predicted octanol–water partition coefficient (Wildman–Crippen LogP) is 2.34. The Bertz CT molecular complexity index is 523. The number of hydrogen-bond acceptors (Lipinski definition) is 2. The van der Waals surface area contributed by atoms with Crippen molar-refractivity contribution in [2.45, 2.75) is 0 Å². The summed E-state index contributed by atoms with van der Waals surface area (Å²) in [5.41, 5.74) is 0.257. The van der Waals surface area contributed by atoms with Crippen molar-refractivity contribution in [2.24, 2.45) is 0 Å². The first-order valence-corrected chi connectivity index (χ1v) is 4.68. The van der Waals surface area contributed by atoms with Gasteiger partial charge in [0.25, 0.3) is 5.56 Å². The van der Waals surface area contributed by atoms with Crippen LogP contribution in [0.5, 0.6) is 0 Å². The van der Waals surface area contributed by atoms with Gasteiger partial charge in [-0.25, -0.2) is 4.98 Å². The minimum absolute atomic E-state index is 0.243. The molecule has 0 bridgehead atoms. The number of nitrogens with zero attached hydrogens (tertiary/aromatic N) is 1. The summed E-state index contributed by atoms with van der Waals surface area (Å²) < 4.78 is 0.828. The summed E-state index contributed by atoms with van der Waals surface area (Å²) in [5, 5.41) is 1.14. The topological polar surface area (TPSA) is 45.8 Å². The summed E-state index contributed by atoms with van der Waals surface area (Å²) >= 11 is 9.13. The highest BCUT2D eigenvalue weighted by atomic mass is 79.9. The molecule has 13 heavy (non-hydrogen) atoms. The summed E-state index contributed by atoms with van der Waals surface area (Å²) in [4.78, 5) is 17.6. The molecule has 0 saturated heterocycles. The van der Waals surface area contributed by atoms with Gasteiger partial charge in [0.2, 0.25) is 0 Å². The lowest BCUT2D eigenvalue weighted by Crippen LogP contribution is -2.04. The second-order valence-electron chi connectivity index (χ2n) is 2.53. The maximum Gasteiger partial charge on any atom is 0.251 e. The molecular formula is C8H4BrClN2O. The number of rotatable bonds is 0. The number of hydrogen-bond donors (Lipinski definition) is 1. The molecule has 2 aromatic rings. The third-order valence-electron chi connectivity index (χ3n) is 1.61. The number of fused-ring (bicyclic) bond motifs is 1. The average molecular weight is 259 g/mol. The van der Waals surface area contributed by atoms with Gasteiger partial charge in [-0.1, -0.05) is 11.6 Å². The molecule has 0 aliphatic rings. The van der Waals surface area contributed by atoms with E-state index in [0.29, 0.717) is 10.7 Å². The van der Waals surface area contributed by atoms with Crippen LogP contribution in [0.15, 0.2) is 27.6 Å². The number of aromatic amines is 1. The van der Waals surface area contributed by atoms with Crippen LogP contribution in [0.25, 0.3) is 11.0 Å². The highest BCUT2D eigenvalue weighted by Crippen LogP contribution is 2.21. The fraction of sp³-hybridized carbons (Fsp3) is 0. The summed E-state index contributed by atoms with van der Waals surface area (Å²) in [6.07, 6.45) is 1.61. The van der Waals surface area contributed by atoms with E-state index in [9.17, 15) is 4.79 Å². The zero-order valence-corrected chi connectivity index (χ0v) is 8.69. The molecule has 0 atom stereocenters. The van der Waals surface area contributed by atoms with Gasteiger partial charge in [0.15, 0.2) is 0 Å². The molecule has 0 aromatic carbocycles. The lowest BCUT2D eigenvalue weighted by Gasteiger charge is -1.98. The quantitative estimate of drug-likeness (QED) is 0.789. The lowest BCUT2D eigenvalue weighted by atomic mass is 10.3. The molecule has 2 aromatic heterocycles. The van der Waals surface area contributed by atoms with Gasteiger partial charge in [0, 0.05) is 22.1 Å². The van der Waals surface area contributed by atoms with Gasteiger partial charge in [-0.05, 0) is 22.0 Å². The highest BCUT2D eigenvalue weighted by molar-refractivity contribution is 9.10. The highest BCUT2D eigenvalue weighted by Gasteiger charge is 2.02. The van der Waals surface area contributed by atoms with E-state index in [1.165, 1.54) is 6.07 Å². The number of aromatic nitrogens is 2. The van der Waals surface area contributed by atoms with Crippen LogP contribution in [0, 0.1) is 0 Å². The zero-order chi connectivity index (χ0) is 9.42. The van der Waals surface area contributed by atoms with E-state index in [1.54, 1.807) is 12.3 Å². The molecule has 0 unspecified atom stereocenters. The summed E-state index contributed by atoms with van der Waals surface area (Å²) in [6.45, 7) is 0. The van der Waals surface area contributed by atoms with Crippen LogP contribution in [0.4, 0.5) is 0 Å². The lowest BCUT2D eigenvalue weighted by molar-refractivity contribution is 1.23. The summed E-state index contributed by atoms with van der Waals surface area (Å²) in [7, 11) is 0. The van der Waals surface area contributed by atoms with Crippen LogP contribution in [0.3, 0.4) is 0 Å². The van der Waals surface area contributed by atoms with Crippen molar-refractivity contribution in [3.05, 3.63) is 38.2 Å². The fourth-order valence-electron chi connectivity index (χ4n) is 1.07. The first kappa shape index (κ1) is 8.72. The van der Waals surface area contributed by atoms with E-state index in [0.717, 1.165) is 9.86 Å². The molecule has 0 spiro atoms. The molecule has 0 saturated carbocycles. The van der Waals surface area contributed by atoms with Crippen molar-refractivity contribution in [1.82, 2.24) is 9.97 Å². The summed E-state index contributed by atoms with van der Waals surface area (Å²) in [5.74, 6) is 0. The van der Waals surface area contributed by atoms with Crippen LogP contribution < -0.4 is 5.56 Å². The van der Waals surface area contributed by atoms with E-state index in [4.69, 9.17) is 11.6 Å². The third-order valence-corrected chi connectivity index (χ3v) is 2.36. The SMILES string of the molecule is O=c1cc(Cl)c2cc(Br)cnc2[nH]1. The fourth-order valence-corrected chi connectivity index (χ4v) is 1.64. The molecule has 0 fully saturated rings. The van der Waals surface area contributed by atoms with Crippen LogP contribution in [-0.4, -0.2) is 9.97 Å². The number of pyridine rings is 2. The molecular weight excluding hydrogens is 255 g/mol. The van der Waals surface area contributed by atoms with Crippen LogP contribution in [-0.2, 0) is 0 Å². The monoisotopic (exact) mass is 258 g/mol. The van der Waals surface area contributed by atoms with Crippen molar-refractivity contribution >= 4 is 38.6 Å². The van der Waals surface area contributed by atoms with Gasteiger partial charge in [-0.2, -0.15) is 0 Å². The van der Waals surface area contributed by atoms with E-state index < -0.39 is 0 Å². The van der Waals surface area contributed by atoms with Crippen molar-refractivity contribution in [1.29, 1.82) is 0 Å². The largest absolute Gasteiger partial charge is 0.306 e. The standard InChI is InChI=1S/C8H4BrClN2O/c9-4-1-5-6(10)2-7(13)12-8(5)11-3-4/h1-3H,(H,11,12,13). The van der Waals surface area contributed by atoms with E-state index in [1.807, 2.05) is 0 Å². The van der Waals surface area contributed by atoms with Crippen LogP contribution in [0.2, 0.25) is 5.02 Å². The second-order valence-corrected chi connectivity index (χ2v) is 3.85. The molecule has 5 heteroatoms. The zero-order valence-electron chi connectivity index (χ0n) is 6.34. The average Bonchev–Trinajstić information content (AvgIpc) is 2.06. The van der Waals surface area contributed by atoms with Gasteiger partial charge in [-0.3, -0.25) is 4.79 Å². The number of nitrogens with one attached hydrogen (secondary N) is 1. The molecule has 0 aliphatic carbocycles. The molecule has 0 radical (unpaired) electrons. The Kier molecular flexibility index (Phi) is 2.09. The Balaban J connectivity index is 2.95. The van der Waals surface area contributed by atoms with E-state index >= 15 is 0 Å². The Morgan fingerprint density at radius 1 is 1.46 bits per heavy atom.